The summed E-state index contributed by atoms with van der Waals surface area (Å²) in [5.41, 5.74) is 3.16. The highest BCUT2D eigenvalue weighted by molar-refractivity contribution is 7.89. The van der Waals surface area contributed by atoms with E-state index in [2.05, 4.69) is 37.5 Å². The Morgan fingerprint density at radius 2 is 1.81 bits per heavy atom. The summed E-state index contributed by atoms with van der Waals surface area (Å²) in [6.45, 7) is 6.41. The highest BCUT2D eigenvalue weighted by atomic mass is 32.2. The van der Waals surface area contributed by atoms with E-state index in [0.29, 0.717) is 11.1 Å². The molecular formula is C27H34N2O5S2. The Morgan fingerprint density at radius 3 is 2.42 bits per heavy atom. The zero-order valence-corrected chi connectivity index (χ0v) is 22.7. The molecule has 7 nitrogen and oxygen atoms in total. The van der Waals surface area contributed by atoms with Gasteiger partial charge in [0.05, 0.1) is 17.4 Å². The van der Waals surface area contributed by atoms with Crippen LogP contribution in [0.25, 0.3) is 11.1 Å². The summed E-state index contributed by atoms with van der Waals surface area (Å²) in [6.07, 6.45) is -0.128. The van der Waals surface area contributed by atoms with Gasteiger partial charge in [-0.3, -0.25) is 4.79 Å². The molecule has 3 N–H and O–H groups in total. The van der Waals surface area contributed by atoms with E-state index in [0.717, 1.165) is 12.0 Å². The van der Waals surface area contributed by atoms with Gasteiger partial charge in [-0.25, -0.2) is 8.42 Å². The number of carbonyl (C=O) groups is 1. The second kappa shape index (κ2) is 11.7. The van der Waals surface area contributed by atoms with Crippen molar-refractivity contribution >= 4 is 27.3 Å². The van der Waals surface area contributed by atoms with Crippen molar-refractivity contribution in [3.8, 4) is 11.1 Å². The Balaban J connectivity index is 1.63. The normalized spacial score (nSPS) is 13.2. The third-order valence-electron chi connectivity index (χ3n) is 5.87. The van der Waals surface area contributed by atoms with Crippen molar-refractivity contribution in [3.63, 3.8) is 0 Å². The van der Waals surface area contributed by atoms with E-state index in [1.807, 2.05) is 0 Å². The molecule has 194 valence electrons. The van der Waals surface area contributed by atoms with Crippen LogP contribution in [-0.2, 0) is 27.7 Å². The van der Waals surface area contributed by atoms with Crippen LogP contribution in [0.15, 0.2) is 64.9 Å². The smallest absolute Gasteiger partial charge is 0.307 e. The Labute approximate surface area is 217 Å². The van der Waals surface area contributed by atoms with E-state index in [1.165, 1.54) is 27.9 Å². The standard InChI is InChI=1S/C27H34N2O5S2/c1-19-12-24(35-18-19)15-27(2,3)28-16-23(30)17-29(4)36(33,34)25-7-5-6-22(14-25)21-10-8-20(9-11-21)13-26(31)32/h5-12,14,18,23,28,30H,13,15-17H2,1-4H3,(H,31,32)/t23-/m1/s1. The third kappa shape index (κ3) is 7.72. The fourth-order valence-electron chi connectivity index (χ4n) is 3.94. The Kier molecular flexibility index (Phi) is 9.08. The molecule has 1 heterocycles. The number of aliphatic hydroxyl groups excluding tert-OH is 1. The van der Waals surface area contributed by atoms with Crippen molar-refractivity contribution in [1.29, 1.82) is 0 Å². The number of β-amino-alcohol motifs (C(OH)–C–C–N with tert-alkyl or cyclic N) is 1. The van der Waals surface area contributed by atoms with Crippen LogP contribution in [0, 0.1) is 6.92 Å². The minimum atomic E-state index is -3.82. The lowest BCUT2D eigenvalue weighted by Crippen LogP contribution is -2.47. The van der Waals surface area contributed by atoms with Crippen molar-refractivity contribution in [1.82, 2.24) is 9.62 Å². The van der Waals surface area contributed by atoms with E-state index in [4.69, 9.17) is 5.11 Å². The molecule has 0 aliphatic carbocycles. The van der Waals surface area contributed by atoms with Gasteiger partial charge in [-0.1, -0.05) is 36.4 Å². The van der Waals surface area contributed by atoms with Gasteiger partial charge in [0.25, 0.3) is 0 Å². The van der Waals surface area contributed by atoms with Gasteiger partial charge in [0, 0.05) is 30.6 Å². The van der Waals surface area contributed by atoms with Crippen molar-refractivity contribution in [3.05, 3.63) is 76.0 Å². The lowest BCUT2D eigenvalue weighted by molar-refractivity contribution is -0.136. The van der Waals surface area contributed by atoms with E-state index in [-0.39, 0.29) is 29.9 Å². The summed E-state index contributed by atoms with van der Waals surface area (Å²) in [5, 5.41) is 25.0. The first-order valence-corrected chi connectivity index (χ1v) is 14.0. The molecule has 0 radical (unpaired) electrons. The summed E-state index contributed by atoms with van der Waals surface area (Å²) >= 11 is 1.71. The molecule has 0 fully saturated rings. The second-order valence-corrected chi connectivity index (χ2v) is 12.8. The first-order chi connectivity index (χ1) is 16.9. The number of aliphatic carboxylic acids is 1. The van der Waals surface area contributed by atoms with Crippen LogP contribution < -0.4 is 5.32 Å². The van der Waals surface area contributed by atoms with Gasteiger partial charge in [0.15, 0.2) is 0 Å². The largest absolute Gasteiger partial charge is 0.481 e. The molecular weight excluding hydrogens is 496 g/mol. The number of hydrogen-bond donors (Lipinski definition) is 3. The fraction of sp³-hybridized carbons (Fsp3) is 0.370. The third-order valence-corrected chi connectivity index (χ3v) is 8.74. The maximum absolute atomic E-state index is 13.2. The summed E-state index contributed by atoms with van der Waals surface area (Å²) < 4.78 is 27.6. The van der Waals surface area contributed by atoms with Gasteiger partial charge in [0.2, 0.25) is 10.0 Å². The van der Waals surface area contributed by atoms with Gasteiger partial charge in [-0.15, -0.1) is 11.3 Å². The maximum atomic E-state index is 13.2. The molecule has 1 atom stereocenters. The van der Waals surface area contributed by atoms with Gasteiger partial charge >= 0.3 is 5.97 Å². The first kappa shape index (κ1) is 28.0. The molecule has 0 aliphatic heterocycles. The van der Waals surface area contributed by atoms with Crippen LogP contribution in [0.1, 0.15) is 29.9 Å². The highest BCUT2D eigenvalue weighted by Crippen LogP contribution is 2.25. The van der Waals surface area contributed by atoms with Crippen molar-refractivity contribution < 1.29 is 23.4 Å². The predicted molar refractivity (Wildman–Crippen MR) is 144 cm³/mol. The molecule has 0 saturated heterocycles. The summed E-state index contributed by atoms with van der Waals surface area (Å²) in [7, 11) is -2.35. The topological polar surface area (TPSA) is 107 Å². The molecule has 1 aromatic heterocycles. The number of aryl methyl sites for hydroxylation is 1. The van der Waals surface area contributed by atoms with Gasteiger partial charge in [-0.2, -0.15) is 4.31 Å². The summed E-state index contributed by atoms with van der Waals surface area (Å²) in [6, 6.07) is 15.8. The number of nitrogens with one attached hydrogen (secondary N) is 1. The van der Waals surface area contributed by atoms with Gasteiger partial charge in [-0.05, 0) is 73.0 Å². The average Bonchev–Trinajstić information content (AvgIpc) is 3.21. The number of aliphatic hydroxyl groups is 1. The van der Waals surface area contributed by atoms with Crippen LogP contribution in [0.5, 0.6) is 0 Å². The number of hydrogen-bond acceptors (Lipinski definition) is 6. The van der Waals surface area contributed by atoms with Crippen molar-refractivity contribution in [2.45, 2.75) is 50.2 Å². The van der Waals surface area contributed by atoms with Crippen LogP contribution in [0.4, 0.5) is 0 Å². The lowest BCUT2D eigenvalue weighted by atomic mass is 9.99. The van der Waals surface area contributed by atoms with Gasteiger partial charge in [0.1, 0.15) is 0 Å². The molecule has 0 bridgehead atoms. The molecule has 3 rings (SSSR count). The molecule has 3 aromatic rings. The fourth-order valence-corrected chi connectivity index (χ4v) is 6.30. The molecule has 0 amide bonds. The molecule has 9 heteroatoms. The maximum Gasteiger partial charge on any atom is 0.307 e. The molecule has 36 heavy (non-hydrogen) atoms. The average molecular weight is 531 g/mol. The minimum absolute atomic E-state index is 0.0440. The zero-order chi connectivity index (χ0) is 26.5. The number of rotatable bonds is 12. The molecule has 2 aromatic carbocycles. The van der Waals surface area contributed by atoms with Crippen molar-refractivity contribution in [2.24, 2.45) is 0 Å². The number of benzene rings is 2. The number of likely N-dealkylation sites (N-methyl/N-ethyl adjacent to an activating group) is 1. The molecule has 0 saturated carbocycles. The highest BCUT2D eigenvalue weighted by Gasteiger charge is 2.25. The van der Waals surface area contributed by atoms with Crippen LogP contribution in [0.3, 0.4) is 0 Å². The lowest BCUT2D eigenvalue weighted by Gasteiger charge is -2.28. The second-order valence-electron chi connectivity index (χ2n) is 9.77. The number of nitrogens with zero attached hydrogens (tertiary/aromatic N) is 1. The van der Waals surface area contributed by atoms with Crippen molar-refractivity contribution in [2.75, 3.05) is 20.1 Å². The number of carboxylic acid groups (broad SMARTS) is 1. The Morgan fingerprint density at radius 1 is 1.11 bits per heavy atom. The monoisotopic (exact) mass is 530 g/mol. The number of sulfonamides is 1. The SMILES string of the molecule is Cc1csc(CC(C)(C)NC[C@@H](O)CN(C)S(=O)(=O)c2cccc(-c3ccc(CC(=O)O)cc3)c2)c1. The van der Waals surface area contributed by atoms with Crippen LogP contribution in [0.2, 0.25) is 0 Å². The summed E-state index contributed by atoms with van der Waals surface area (Å²) in [4.78, 5) is 12.3. The summed E-state index contributed by atoms with van der Waals surface area (Å²) in [5.74, 6) is -0.905. The van der Waals surface area contributed by atoms with E-state index in [9.17, 15) is 18.3 Å². The Hall–Kier alpha value is -2.56. The van der Waals surface area contributed by atoms with E-state index < -0.39 is 22.1 Å². The van der Waals surface area contributed by atoms with Crippen LogP contribution in [-0.4, -0.2) is 60.7 Å². The Bertz CT molecular complexity index is 1280. The number of carboxylic acids is 1. The first-order valence-electron chi connectivity index (χ1n) is 11.7. The van der Waals surface area contributed by atoms with Crippen LogP contribution >= 0.6 is 11.3 Å². The molecule has 0 spiro atoms. The molecule has 0 aliphatic rings. The quantitative estimate of drug-likeness (QED) is 0.327. The van der Waals surface area contributed by atoms with Gasteiger partial charge < -0.3 is 15.5 Å². The predicted octanol–water partition coefficient (Wildman–Crippen LogP) is 3.94. The van der Waals surface area contributed by atoms with E-state index >= 15 is 0 Å². The minimum Gasteiger partial charge on any atom is -0.481 e. The zero-order valence-electron chi connectivity index (χ0n) is 21.1. The van der Waals surface area contributed by atoms with E-state index in [1.54, 1.807) is 53.8 Å². The molecule has 0 unspecified atom stereocenters. The number of thiophene rings is 1.